The minimum Gasteiger partial charge on any atom is -0.370 e. The molecule has 4 aromatic heterocycles. The molecule has 0 spiro atoms. The van der Waals surface area contributed by atoms with Crippen molar-refractivity contribution in [2.75, 3.05) is 17.2 Å². The van der Waals surface area contributed by atoms with Crippen molar-refractivity contribution in [3.63, 3.8) is 0 Å². The zero-order chi connectivity index (χ0) is 18.5. The summed E-state index contributed by atoms with van der Waals surface area (Å²) in [6, 6.07) is 5.87. The van der Waals surface area contributed by atoms with Crippen LogP contribution in [0.25, 0.3) is 5.65 Å². The normalized spacial score (nSPS) is 11.0. The number of hydrogen-bond acceptors (Lipinski definition) is 6. The topological polar surface area (TPSA) is 85.0 Å². The lowest BCUT2D eigenvalue weighted by molar-refractivity contribution is 0.660. The van der Waals surface area contributed by atoms with Crippen molar-refractivity contribution >= 4 is 30.6 Å². The Kier molecular flexibility index (Phi) is 5.00. The van der Waals surface area contributed by atoms with Crippen LogP contribution >= 0.6 is 0 Å². The van der Waals surface area contributed by atoms with Crippen molar-refractivity contribution in [3.05, 3.63) is 61.1 Å². The summed E-state index contributed by atoms with van der Waals surface area (Å²) in [5.74, 6) is 1.58. The highest BCUT2D eigenvalue weighted by molar-refractivity contribution is 6.36. The smallest absolute Gasteiger partial charge is 0.152 e. The van der Waals surface area contributed by atoms with Gasteiger partial charge >= 0.3 is 0 Å². The van der Waals surface area contributed by atoms with Crippen molar-refractivity contribution in [2.24, 2.45) is 0 Å². The zero-order valence-corrected chi connectivity index (χ0v) is 14.8. The Morgan fingerprint density at radius 1 is 1.11 bits per heavy atom. The largest absolute Gasteiger partial charge is 0.370 e. The average Bonchev–Trinajstić information content (AvgIpc) is 3.35. The van der Waals surface area contributed by atoms with Crippen molar-refractivity contribution in [1.82, 2.24) is 29.1 Å². The molecule has 0 aromatic carbocycles. The second-order valence-corrected chi connectivity index (χ2v) is 6.16. The third-order valence-electron chi connectivity index (χ3n) is 4.15. The first-order valence-electron chi connectivity index (χ1n) is 8.76. The second kappa shape index (κ2) is 7.90. The number of aromatic nitrogens is 6. The highest BCUT2D eigenvalue weighted by atomic mass is 15.3. The molecule has 9 heteroatoms. The Balaban J connectivity index is 1.46. The van der Waals surface area contributed by atoms with Gasteiger partial charge in [-0.15, -0.1) is 0 Å². The van der Waals surface area contributed by atoms with Gasteiger partial charge in [0.2, 0.25) is 0 Å². The van der Waals surface area contributed by atoms with Gasteiger partial charge in [-0.2, -0.15) is 9.61 Å². The lowest BCUT2D eigenvalue weighted by Crippen LogP contribution is -2.12. The van der Waals surface area contributed by atoms with Crippen molar-refractivity contribution in [3.8, 4) is 0 Å². The molecule has 4 aromatic rings. The van der Waals surface area contributed by atoms with E-state index in [1.165, 1.54) is 0 Å². The number of pyridine rings is 1. The lowest BCUT2D eigenvalue weighted by atomic mass is 10.0. The van der Waals surface area contributed by atoms with Gasteiger partial charge in [0, 0.05) is 56.7 Å². The molecule has 27 heavy (non-hydrogen) atoms. The summed E-state index contributed by atoms with van der Waals surface area (Å²) < 4.78 is 3.76. The molecule has 0 saturated carbocycles. The molecule has 134 valence electrons. The third-order valence-corrected chi connectivity index (χ3v) is 4.15. The number of hydrogen-bond donors (Lipinski definition) is 2. The number of aryl methyl sites for hydroxylation is 1. The maximum atomic E-state index is 6.02. The van der Waals surface area contributed by atoms with Gasteiger partial charge in [-0.25, -0.2) is 9.97 Å². The van der Waals surface area contributed by atoms with E-state index < -0.39 is 0 Å². The fourth-order valence-corrected chi connectivity index (χ4v) is 2.79. The minimum absolute atomic E-state index is 0.543. The number of rotatable bonds is 8. The minimum atomic E-state index is 0.543. The molecular weight excluding hydrogens is 339 g/mol. The number of fused-ring (bicyclic) bond motifs is 1. The van der Waals surface area contributed by atoms with E-state index in [-0.39, 0.29) is 0 Å². The maximum absolute atomic E-state index is 6.02. The molecule has 4 heterocycles. The van der Waals surface area contributed by atoms with Gasteiger partial charge in [-0.3, -0.25) is 4.98 Å². The molecule has 0 aliphatic rings. The fraction of sp³-hybridized carbons (Fsp3) is 0.222. The first-order valence-corrected chi connectivity index (χ1v) is 8.76. The first kappa shape index (κ1) is 17.1. The number of anilines is 2. The number of nitrogens with zero attached hydrogens (tertiary/aromatic N) is 6. The van der Waals surface area contributed by atoms with Crippen LogP contribution in [0.5, 0.6) is 0 Å². The average molecular weight is 358 g/mol. The fourth-order valence-electron chi connectivity index (χ4n) is 2.79. The SMILES string of the molecule is [B]c1cnn2c(NCc3cccnc3)cc(NCCCn3ccnc3)nc12. The van der Waals surface area contributed by atoms with E-state index in [0.29, 0.717) is 17.7 Å². The van der Waals surface area contributed by atoms with Gasteiger partial charge < -0.3 is 15.2 Å². The number of nitrogens with one attached hydrogen (secondary N) is 2. The van der Waals surface area contributed by atoms with Crippen LogP contribution in [-0.2, 0) is 13.1 Å². The standard InChI is InChI=1S/C18H19BN8/c19-15-12-24-27-17(23-11-14-3-1-4-20-10-14)9-16(25-18(15)27)22-5-2-7-26-8-6-21-13-26/h1,3-4,6,8-10,12-13,23H,2,5,7,11H2,(H,22,25). The highest BCUT2D eigenvalue weighted by Gasteiger charge is 2.09. The van der Waals surface area contributed by atoms with Crippen molar-refractivity contribution in [1.29, 1.82) is 0 Å². The van der Waals surface area contributed by atoms with Crippen LogP contribution in [0.4, 0.5) is 11.6 Å². The van der Waals surface area contributed by atoms with Gasteiger partial charge in [0.25, 0.3) is 0 Å². The van der Waals surface area contributed by atoms with Gasteiger partial charge in [-0.1, -0.05) is 6.07 Å². The monoisotopic (exact) mass is 358 g/mol. The van der Waals surface area contributed by atoms with E-state index in [0.717, 1.165) is 36.7 Å². The van der Waals surface area contributed by atoms with Crippen LogP contribution in [-0.4, -0.2) is 43.5 Å². The molecule has 0 unspecified atom stereocenters. The molecule has 2 N–H and O–H groups in total. The van der Waals surface area contributed by atoms with E-state index in [9.17, 15) is 0 Å². The Morgan fingerprint density at radius 2 is 2.07 bits per heavy atom. The van der Waals surface area contributed by atoms with Crippen LogP contribution in [0.3, 0.4) is 0 Å². The molecule has 0 saturated heterocycles. The summed E-state index contributed by atoms with van der Waals surface area (Å²) in [4.78, 5) is 12.8. The van der Waals surface area contributed by atoms with Gasteiger partial charge in [0.1, 0.15) is 19.5 Å². The Labute approximate surface area is 158 Å². The Morgan fingerprint density at radius 3 is 2.89 bits per heavy atom. The van der Waals surface area contributed by atoms with Crippen LogP contribution in [0.1, 0.15) is 12.0 Å². The zero-order valence-electron chi connectivity index (χ0n) is 14.8. The summed E-state index contributed by atoms with van der Waals surface area (Å²) in [7, 11) is 6.02. The molecule has 2 radical (unpaired) electrons. The molecule has 8 nitrogen and oxygen atoms in total. The maximum Gasteiger partial charge on any atom is 0.152 e. The molecule has 0 aliphatic carbocycles. The Hall–Kier alpha value is -3.36. The van der Waals surface area contributed by atoms with E-state index >= 15 is 0 Å². The molecule has 0 bridgehead atoms. The van der Waals surface area contributed by atoms with E-state index in [1.807, 2.05) is 41.5 Å². The third kappa shape index (κ3) is 4.08. The van der Waals surface area contributed by atoms with E-state index in [1.54, 1.807) is 23.1 Å². The predicted molar refractivity (Wildman–Crippen MR) is 105 cm³/mol. The number of imidazole rings is 1. The molecule has 0 fully saturated rings. The summed E-state index contributed by atoms with van der Waals surface area (Å²) in [6.45, 7) is 2.32. The second-order valence-electron chi connectivity index (χ2n) is 6.16. The van der Waals surface area contributed by atoms with Crippen LogP contribution < -0.4 is 16.1 Å². The lowest BCUT2D eigenvalue weighted by Gasteiger charge is -2.12. The molecule has 0 atom stereocenters. The van der Waals surface area contributed by atoms with Gasteiger partial charge in [-0.05, 0) is 23.5 Å². The predicted octanol–water partition coefficient (Wildman–Crippen LogP) is 1.23. The first-order chi connectivity index (χ1) is 13.3. The summed E-state index contributed by atoms with van der Waals surface area (Å²) in [5, 5.41) is 11.1. The van der Waals surface area contributed by atoms with Gasteiger partial charge in [0.15, 0.2) is 5.65 Å². The van der Waals surface area contributed by atoms with E-state index in [2.05, 4.69) is 30.7 Å². The van der Waals surface area contributed by atoms with Crippen molar-refractivity contribution in [2.45, 2.75) is 19.5 Å². The molecular formula is C18H19BN8. The van der Waals surface area contributed by atoms with Crippen LogP contribution in [0.15, 0.2) is 55.5 Å². The van der Waals surface area contributed by atoms with Crippen LogP contribution in [0.2, 0.25) is 0 Å². The quantitative estimate of drug-likeness (QED) is 0.364. The summed E-state index contributed by atoms with van der Waals surface area (Å²) in [5.41, 5.74) is 2.25. The summed E-state index contributed by atoms with van der Waals surface area (Å²) >= 11 is 0. The highest BCUT2D eigenvalue weighted by Crippen LogP contribution is 2.16. The molecule has 0 amide bonds. The van der Waals surface area contributed by atoms with Crippen molar-refractivity contribution < 1.29 is 0 Å². The summed E-state index contributed by atoms with van der Waals surface area (Å²) in [6.07, 6.45) is 11.7. The molecule has 4 rings (SSSR count). The Bertz CT molecular complexity index is 997. The van der Waals surface area contributed by atoms with E-state index in [4.69, 9.17) is 7.85 Å². The van der Waals surface area contributed by atoms with Crippen LogP contribution in [0, 0.1) is 0 Å². The molecule has 0 aliphatic heterocycles. The van der Waals surface area contributed by atoms with Gasteiger partial charge in [0.05, 0.1) is 6.33 Å².